The van der Waals surface area contributed by atoms with E-state index in [9.17, 15) is 24.0 Å². The van der Waals surface area contributed by atoms with E-state index in [-0.39, 0.29) is 25.3 Å². The summed E-state index contributed by atoms with van der Waals surface area (Å²) in [6.07, 6.45) is 0. The predicted molar refractivity (Wildman–Crippen MR) is 144 cm³/mol. The number of rotatable bonds is 8. The van der Waals surface area contributed by atoms with E-state index in [1.165, 1.54) is 18.7 Å². The van der Waals surface area contributed by atoms with Gasteiger partial charge in [0, 0.05) is 15.7 Å². The zero-order valence-corrected chi connectivity index (χ0v) is 24.0. The molecule has 0 aromatic heterocycles. The van der Waals surface area contributed by atoms with Gasteiger partial charge in [0.15, 0.2) is 0 Å². The Morgan fingerprint density at radius 3 is 2.00 bits per heavy atom. The number of ether oxygens (including phenoxy) is 4. The van der Waals surface area contributed by atoms with Gasteiger partial charge in [-0.1, -0.05) is 52.3 Å². The topological polar surface area (TPSA) is 138 Å². The van der Waals surface area contributed by atoms with Gasteiger partial charge in [-0.3, -0.25) is 19.7 Å². The highest BCUT2D eigenvalue weighted by molar-refractivity contribution is 9.10. The third-order valence-corrected chi connectivity index (χ3v) is 8.03. The SMILES string of the molecule is CCOC(=O)C1(C(=O)OCC)NC2(C(=O)N(Cc3ccccc3Br)c3ccccc32)[C@H](C(=O)OC)[C@@H]1C(=O)OC. The molecule has 4 rings (SSSR count). The molecule has 1 fully saturated rings. The van der Waals surface area contributed by atoms with Gasteiger partial charge in [-0.25, -0.2) is 9.59 Å². The third kappa shape index (κ3) is 4.26. The first-order valence-electron chi connectivity index (χ1n) is 12.6. The highest BCUT2D eigenvalue weighted by Crippen LogP contribution is 2.56. The summed E-state index contributed by atoms with van der Waals surface area (Å²) in [4.78, 5) is 70.4. The second-order valence-corrected chi connectivity index (χ2v) is 10.0. The van der Waals surface area contributed by atoms with E-state index in [2.05, 4.69) is 21.2 Å². The molecule has 0 radical (unpaired) electrons. The number of nitrogens with zero attached hydrogens (tertiary/aromatic N) is 1. The van der Waals surface area contributed by atoms with E-state index in [1.54, 1.807) is 24.3 Å². The molecule has 1 unspecified atom stereocenters. The number of hydrogen-bond acceptors (Lipinski definition) is 10. The van der Waals surface area contributed by atoms with Gasteiger partial charge in [-0.05, 0) is 31.5 Å². The van der Waals surface area contributed by atoms with Crippen molar-refractivity contribution < 1.29 is 42.9 Å². The molecule has 1 amide bonds. The van der Waals surface area contributed by atoms with E-state index in [4.69, 9.17) is 18.9 Å². The lowest BCUT2D eigenvalue weighted by atomic mass is 9.72. The zero-order valence-electron chi connectivity index (χ0n) is 22.4. The number of carbonyl (C=O) groups excluding carboxylic acids is 5. The summed E-state index contributed by atoms with van der Waals surface area (Å²) in [5.74, 6) is -8.75. The minimum absolute atomic E-state index is 0.0727. The fourth-order valence-corrected chi connectivity index (χ4v) is 6.04. The molecule has 212 valence electrons. The van der Waals surface area contributed by atoms with Crippen LogP contribution in [0.2, 0.25) is 0 Å². The van der Waals surface area contributed by atoms with Crippen LogP contribution < -0.4 is 10.2 Å². The van der Waals surface area contributed by atoms with Crippen molar-refractivity contribution in [1.29, 1.82) is 0 Å². The number of fused-ring (bicyclic) bond motifs is 2. The quantitative estimate of drug-likeness (QED) is 0.267. The van der Waals surface area contributed by atoms with Crippen LogP contribution in [0.25, 0.3) is 0 Å². The Morgan fingerprint density at radius 1 is 0.875 bits per heavy atom. The lowest BCUT2D eigenvalue weighted by Gasteiger charge is -2.31. The van der Waals surface area contributed by atoms with Crippen molar-refractivity contribution in [2.24, 2.45) is 11.8 Å². The van der Waals surface area contributed by atoms with Crippen LogP contribution in [-0.2, 0) is 55.0 Å². The first-order valence-corrected chi connectivity index (χ1v) is 13.4. The van der Waals surface area contributed by atoms with Crippen molar-refractivity contribution in [1.82, 2.24) is 5.32 Å². The number of methoxy groups -OCH3 is 2. The van der Waals surface area contributed by atoms with E-state index >= 15 is 0 Å². The van der Waals surface area contributed by atoms with Crippen molar-refractivity contribution in [2.75, 3.05) is 32.3 Å². The number of para-hydroxylation sites is 1. The molecule has 0 bridgehead atoms. The molecule has 40 heavy (non-hydrogen) atoms. The number of anilines is 1. The monoisotopic (exact) mass is 616 g/mol. The maximum absolute atomic E-state index is 14.6. The van der Waals surface area contributed by atoms with Crippen molar-refractivity contribution in [3.05, 3.63) is 64.1 Å². The van der Waals surface area contributed by atoms with Gasteiger partial charge in [0.25, 0.3) is 5.91 Å². The average molecular weight is 617 g/mol. The fourth-order valence-electron chi connectivity index (χ4n) is 5.63. The number of amides is 1. The maximum atomic E-state index is 14.6. The van der Waals surface area contributed by atoms with Gasteiger partial charge < -0.3 is 23.8 Å². The van der Waals surface area contributed by atoms with Crippen LogP contribution in [0.15, 0.2) is 53.0 Å². The van der Waals surface area contributed by atoms with E-state index in [0.29, 0.717) is 5.69 Å². The number of hydrogen-bond donors (Lipinski definition) is 1. The summed E-state index contributed by atoms with van der Waals surface area (Å²) in [5, 5.41) is 2.86. The summed E-state index contributed by atoms with van der Waals surface area (Å²) < 4.78 is 21.3. The summed E-state index contributed by atoms with van der Waals surface area (Å²) in [5.41, 5.74) is -3.27. The first kappa shape index (κ1) is 29.2. The molecule has 2 aromatic carbocycles. The number of esters is 4. The van der Waals surface area contributed by atoms with Crippen molar-refractivity contribution in [3.63, 3.8) is 0 Å². The Balaban J connectivity index is 2.03. The summed E-state index contributed by atoms with van der Waals surface area (Å²) in [6.45, 7) is 2.78. The van der Waals surface area contributed by atoms with Gasteiger partial charge in [0.1, 0.15) is 17.4 Å². The lowest BCUT2D eigenvalue weighted by Crippen LogP contribution is -2.65. The second kappa shape index (κ2) is 11.4. The highest BCUT2D eigenvalue weighted by atomic mass is 79.9. The molecule has 3 atom stereocenters. The van der Waals surface area contributed by atoms with Gasteiger partial charge in [0.05, 0.1) is 34.0 Å². The molecular formula is C28H29BrN2O9. The molecule has 2 aliphatic heterocycles. The molecule has 1 saturated heterocycles. The van der Waals surface area contributed by atoms with Crippen LogP contribution in [0.1, 0.15) is 25.0 Å². The van der Waals surface area contributed by atoms with Crippen molar-refractivity contribution in [2.45, 2.75) is 31.5 Å². The van der Waals surface area contributed by atoms with Crippen LogP contribution in [-0.4, -0.2) is 62.8 Å². The van der Waals surface area contributed by atoms with Gasteiger partial charge >= 0.3 is 23.9 Å². The molecule has 1 N–H and O–H groups in total. The Kier molecular flexibility index (Phi) is 8.31. The molecule has 11 nitrogen and oxygen atoms in total. The summed E-state index contributed by atoms with van der Waals surface area (Å²) in [6, 6.07) is 13.9. The molecule has 12 heteroatoms. The highest BCUT2D eigenvalue weighted by Gasteiger charge is 2.78. The Morgan fingerprint density at radius 2 is 1.43 bits per heavy atom. The minimum atomic E-state index is -2.61. The second-order valence-electron chi connectivity index (χ2n) is 9.18. The van der Waals surface area contributed by atoms with Gasteiger partial charge in [-0.15, -0.1) is 0 Å². The smallest absolute Gasteiger partial charge is 0.339 e. The Bertz CT molecular complexity index is 1340. The van der Waals surface area contributed by atoms with Crippen LogP contribution in [0, 0.1) is 11.8 Å². The predicted octanol–water partition coefficient (Wildman–Crippen LogP) is 2.24. The summed E-state index contributed by atoms with van der Waals surface area (Å²) >= 11 is 3.50. The maximum Gasteiger partial charge on any atom is 0.339 e. The van der Waals surface area contributed by atoms with E-state index < -0.39 is 52.7 Å². The van der Waals surface area contributed by atoms with Gasteiger partial charge in [0.2, 0.25) is 5.54 Å². The average Bonchev–Trinajstić information content (AvgIpc) is 3.41. The minimum Gasteiger partial charge on any atom is -0.469 e. The number of benzene rings is 2. The number of nitrogens with one attached hydrogen (secondary N) is 1. The molecular weight excluding hydrogens is 588 g/mol. The summed E-state index contributed by atoms with van der Waals surface area (Å²) in [7, 11) is 2.13. The number of halogens is 1. The zero-order chi connectivity index (χ0) is 29.2. The largest absolute Gasteiger partial charge is 0.469 e. The normalized spacial score (nSPS) is 22.5. The molecule has 0 saturated carbocycles. The lowest BCUT2D eigenvalue weighted by molar-refractivity contribution is -0.175. The molecule has 1 spiro atoms. The molecule has 2 aliphatic rings. The van der Waals surface area contributed by atoms with Crippen LogP contribution >= 0.6 is 15.9 Å². The fraction of sp³-hybridized carbons (Fsp3) is 0.393. The van der Waals surface area contributed by atoms with Crippen LogP contribution in [0.4, 0.5) is 5.69 Å². The Hall–Kier alpha value is -3.77. The first-order chi connectivity index (χ1) is 19.1. The number of carbonyl (C=O) groups is 5. The van der Waals surface area contributed by atoms with Crippen LogP contribution in [0.5, 0.6) is 0 Å². The van der Waals surface area contributed by atoms with Gasteiger partial charge in [-0.2, -0.15) is 0 Å². The molecule has 0 aliphatic carbocycles. The van der Waals surface area contributed by atoms with E-state index in [1.807, 2.05) is 24.3 Å². The standard InChI is InChI=1S/C28H29BrN2O9/c1-5-39-25(35)28(26(36)40-6-2)21(23(33)38-4)20(22(32)37-3)27(30-28)17-12-8-10-14-19(17)31(24(27)34)15-16-11-7-9-13-18(16)29/h7-14,20-21,30H,5-6,15H2,1-4H3/t20-,21+,27?/m0/s1. The third-order valence-electron chi connectivity index (χ3n) is 7.25. The van der Waals surface area contributed by atoms with Crippen molar-refractivity contribution in [3.8, 4) is 0 Å². The molecule has 2 heterocycles. The Labute approximate surface area is 239 Å². The molecule has 2 aromatic rings. The van der Waals surface area contributed by atoms with E-state index in [0.717, 1.165) is 24.3 Å². The van der Waals surface area contributed by atoms with Crippen LogP contribution in [0.3, 0.4) is 0 Å². The van der Waals surface area contributed by atoms with Crippen molar-refractivity contribution >= 4 is 51.4 Å².